The van der Waals surface area contributed by atoms with Crippen LogP contribution in [0, 0.1) is 0 Å². The van der Waals surface area contributed by atoms with Crippen LogP contribution in [0.2, 0.25) is 0 Å². The molecule has 0 bridgehead atoms. The Morgan fingerprint density at radius 1 is 0.455 bits per heavy atom. The zero-order chi connectivity index (χ0) is 56.2. The summed E-state index contributed by atoms with van der Waals surface area (Å²) in [6.45, 7) is 1.72. The van der Waals surface area contributed by atoms with Gasteiger partial charge in [-0.15, -0.1) is 0 Å². The van der Waals surface area contributed by atoms with E-state index in [1.807, 2.05) is 6.08 Å². The summed E-state index contributed by atoms with van der Waals surface area (Å²) in [5.74, 6) is -0.273. The fraction of sp³-hybridized carbons (Fsp3) is 0.948. The number of hydrogen-bond acceptors (Lipinski definition) is 18. The minimum atomic E-state index is -1.97. The van der Waals surface area contributed by atoms with Crippen LogP contribution in [0.15, 0.2) is 12.2 Å². The number of aliphatic hydroxyl groups is 11. The molecule has 0 radical (unpaired) electrons. The van der Waals surface area contributed by atoms with E-state index in [0.29, 0.717) is 6.42 Å². The highest BCUT2D eigenvalue weighted by atomic mass is 16.8. The lowest BCUT2D eigenvalue weighted by atomic mass is 9.96. The van der Waals surface area contributed by atoms with Crippen LogP contribution < -0.4 is 5.32 Å². The van der Waals surface area contributed by atoms with Gasteiger partial charge in [-0.3, -0.25) is 4.79 Å². The molecule has 19 nitrogen and oxygen atoms in total. The molecule has 0 aromatic heterocycles. The minimum Gasteiger partial charge on any atom is -0.394 e. The van der Waals surface area contributed by atoms with Crippen molar-refractivity contribution in [3.63, 3.8) is 0 Å². The molecule has 12 N–H and O–H groups in total. The van der Waals surface area contributed by atoms with Gasteiger partial charge in [0.05, 0.1) is 38.6 Å². The average molecular weight is 1110 g/mol. The highest BCUT2D eigenvalue weighted by Crippen LogP contribution is 2.33. The van der Waals surface area contributed by atoms with Gasteiger partial charge in [0.15, 0.2) is 18.9 Å². The predicted molar refractivity (Wildman–Crippen MR) is 291 cm³/mol. The van der Waals surface area contributed by atoms with Crippen LogP contribution in [0.5, 0.6) is 0 Å². The molecule has 3 rings (SSSR count). The highest BCUT2D eigenvalue weighted by molar-refractivity contribution is 5.76. The van der Waals surface area contributed by atoms with Gasteiger partial charge in [0.25, 0.3) is 0 Å². The van der Waals surface area contributed by atoms with Crippen molar-refractivity contribution in [3.8, 4) is 0 Å². The molecule has 3 fully saturated rings. The molecule has 3 saturated heterocycles. The Morgan fingerprint density at radius 2 is 0.805 bits per heavy atom. The average Bonchev–Trinajstić information content (AvgIpc) is 3.44. The first kappa shape index (κ1) is 69.8. The summed E-state index contributed by atoms with van der Waals surface area (Å²) in [4.78, 5) is 13.3. The Bertz CT molecular complexity index is 1460. The maximum atomic E-state index is 13.3. The summed E-state index contributed by atoms with van der Waals surface area (Å²) in [5.41, 5.74) is 0. The van der Waals surface area contributed by atoms with Gasteiger partial charge >= 0.3 is 0 Å². The fourth-order valence-electron chi connectivity index (χ4n) is 10.5. The number of ether oxygens (including phenoxy) is 6. The van der Waals surface area contributed by atoms with Crippen molar-refractivity contribution in [1.29, 1.82) is 0 Å². The summed E-state index contributed by atoms with van der Waals surface area (Å²) >= 11 is 0. The molecule has 0 aromatic rings. The van der Waals surface area contributed by atoms with Crippen LogP contribution in [-0.2, 0) is 33.2 Å². The topological polar surface area (TPSA) is 307 Å². The predicted octanol–water partition coefficient (Wildman–Crippen LogP) is 5.38. The van der Waals surface area contributed by atoms with E-state index in [1.54, 1.807) is 6.08 Å². The van der Waals surface area contributed by atoms with Crippen LogP contribution in [0.3, 0.4) is 0 Å². The smallest absolute Gasteiger partial charge is 0.220 e. The third kappa shape index (κ3) is 26.5. The number of aliphatic hydroxyl groups excluding tert-OH is 11. The van der Waals surface area contributed by atoms with E-state index in [-0.39, 0.29) is 18.9 Å². The van der Waals surface area contributed by atoms with Crippen molar-refractivity contribution in [2.75, 3.05) is 26.4 Å². The molecule has 77 heavy (non-hydrogen) atoms. The molecule has 17 unspecified atom stereocenters. The summed E-state index contributed by atoms with van der Waals surface area (Å²) in [7, 11) is 0. The van der Waals surface area contributed by atoms with Crippen molar-refractivity contribution in [3.05, 3.63) is 12.2 Å². The Balaban J connectivity index is 1.48. The van der Waals surface area contributed by atoms with Crippen LogP contribution in [-0.4, -0.2) is 193 Å². The lowest BCUT2D eigenvalue weighted by Crippen LogP contribution is -2.66. The Labute approximate surface area is 461 Å². The largest absolute Gasteiger partial charge is 0.394 e. The number of allylic oxidation sites excluding steroid dienone is 1. The minimum absolute atomic E-state index is 0.249. The molecule has 1 amide bonds. The van der Waals surface area contributed by atoms with Crippen molar-refractivity contribution >= 4 is 5.91 Å². The number of carbonyl (C=O) groups is 1. The second kappa shape index (κ2) is 42.4. The van der Waals surface area contributed by atoms with Gasteiger partial charge in [0, 0.05) is 6.42 Å². The maximum Gasteiger partial charge on any atom is 0.220 e. The zero-order valence-electron chi connectivity index (χ0n) is 47.2. The summed E-state index contributed by atoms with van der Waals surface area (Å²) in [6, 6.07) is -0.966. The van der Waals surface area contributed by atoms with E-state index >= 15 is 0 Å². The van der Waals surface area contributed by atoms with Crippen molar-refractivity contribution in [1.82, 2.24) is 5.32 Å². The molecule has 17 atom stereocenters. The Hall–Kier alpha value is -1.47. The van der Waals surface area contributed by atoms with Gasteiger partial charge in [-0.1, -0.05) is 206 Å². The van der Waals surface area contributed by atoms with E-state index in [4.69, 9.17) is 28.4 Å². The quantitative estimate of drug-likeness (QED) is 0.0269. The molecule has 0 spiro atoms. The number of carbonyl (C=O) groups excluding carboxylic acids is 1. The summed E-state index contributed by atoms with van der Waals surface area (Å²) in [5, 5.41) is 120. The lowest BCUT2D eigenvalue weighted by Gasteiger charge is -2.48. The monoisotopic (exact) mass is 1110 g/mol. The van der Waals surface area contributed by atoms with Gasteiger partial charge in [-0.2, -0.15) is 0 Å². The highest BCUT2D eigenvalue weighted by Gasteiger charge is 2.53. The van der Waals surface area contributed by atoms with Gasteiger partial charge in [0.2, 0.25) is 5.91 Å². The van der Waals surface area contributed by atoms with Crippen molar-refractivity contribution in [2.24, 2.45) is 0 Å². The number of hydrogen-bond donors (Lipinski definition) is 12. The van der Waals surface area contributed by atoms with Gasteiger partial charge in [-0.05, 0) is 19.3 Å². The Kier molecular flexibility index (Phi) is 38.4. The maximum absolute atomic E-state index is 13.3. The molecule has 3 aliphatic heterocycles. The van der Waals surface area contributed by atoms with Gasteiger partial charge in [0.1, 0.15) is 73.2 Å². The molecular formula is C58H109NO18. The van der Waals surface area contributed by atoms with Gasteiger partial charge in [-0.25, -0.2) is 0 Å². The van der Waals surface area contributed by atoms with Crippen molar-refractivity contribution < 1.29 is 89.4 Å². The van der Waals surface area contributed by atoms with E-state index in [1.165, 1.54) is 148 Å². The molecular weight excluding hydrogens is 999 g/mol. The second-order valence-corrected chi connectivity index (χ2v) is 22.2. The standard InChI is InChI=1S/C58H109NO18/c1-3-5-7-9-11-13-15-17-18-19-20-21-22-23-24-26-28-30-32-34-36-46(64)59-41(42(63)35-33-31-29-27-25-16-14-12-10-8-6-4-2)40-72-56-52(70)49(67)54(44(38-61)74-56)77-58-53(71)50(68)55(45(39-62)75-58)76-57-51(69)48(66)47(65)43(37-60)73-57/h33,35,41-45,47-58,60-63,65-71H,3-32,34,36-40H2,1-2H3,(H,59,64)/b35-33+. The van der Waals surface area contributed by atoms with Crippen LogP contribution >= 0.6 is 0 Å². The molecule has 3 aliphatic rings. The number of amides is 1. The van der Waals surface area contributed by atoms with Gasteiger partial charge < -0.3 is 89.9 Å². The summed E-state index contributed by atoms with van der Waals surface area (Å²) in [6.07, 6.45) is 14.8. The molecule has 19 heteroatoms. The molecule has 0 saturated carbocycles. The first-order valence-corrected chi connectivity index (χ1v) is 30.4. The molecule has 3 heterocycles. The fourth-order valence-corrected chi connectivity index (χ4v) is 10.5. The zero-order valence-corrected chi connectivity index (χ0v) is 47.2. The Morgan fingerprint density at radius 3 is 1.22 bits per heavy atom. The number of unbranched alkanes of at least 4 members (excludes halogenated alkanes) is 29. The third-order valence-electron chi connectivity index (χ3n) is 15.6. The van der Waals surface area contributed by atoms with E-state index in [2.05, 4.69) is 19.2 Å². The first-order valence-electron chi connectivity index (χ1n) is 30.4. The summed E-state index contributed by atoms with van der Waals surface area (Å²) < 4.78 is 34.2. The SMILES string of the molecule is CCCCCCCCCCCC/C=C/C(O)C(COC1OC(CO)C(OC2OC(CO)C(OC3OC(CO)C(O)C(O)C3O)C(O)C2O)C(O)C1O)NC(=O)CCCCCCCCCCCCCCCCCCCCCC. The third-order valence-corrected chi connectivity index (χ3v) is 15.6. The lowest BCUT2D eigenvalue weighted by molar-refractivity contribution is -0.379. The van der Waals surface area contributed by atoms with Crippen LogP contribution in [0.1, 0.15) is 219 Å². The van der Waals surface area contributed by atoms with E-state index in [9.17, 15) is 61.0 Å². The van der Waals surface area contributed by atoms with Crippen LogP contribution in [0.4, 0.5) is 0 Å². The molecule has 0 aliphatic carbocycles. The normalized spacial score (nSPS) is 30.7. The van der Waals surface area contributed by atoms with E-state index < -0.39 is 124 Å². The number of nitrogens with one attached hydrogen (secondary N) is 1. The van der Waals surface area contributed by atoms with E-state index in [0.717, 1.165) is 44.9 Å². The van der Waals surface area contributed by atoms with Crippen molar-refractivity contribution in [2.45, 2.75) is 324 Å². The molecule has 454 valence electrons. The second-order valence-electron chi connectivity index (χ2n) is 22.2. The molecule has 0 aromatic carbocycles. The first-order chi connectivity index (χ1) is 37.3. The van der Waals surface area contributed by atoms with Crippen LogP contribution in [0.25, 0.3) is 0 Å². The number of rotatable bonds is 45.